The fraction of sp³-hybridized carbons (Fsp3) is 0.238. The summed E-state index contributed by atoms with van der Waals surface area (Å²) in [7, 11) is 0. The number of hydrogen-bond acceptors (Lipinski definition) is 9. The molecule has 1 saturated heterocycles. The lowest BCUT2D eigenvalue weighted by molar-refractivity contribution is 0.0989. The molecule has 4 aromatic rings. The van der Waals surface area contributed by atoms with Crippen molar-refractivity contribution in [3.8, 4) is 16.5 Å². The number of nitrogens with zero attached hydrogens (tertiary/aromatic N) is 5. The van der Waals surface area contributed by atoms with Crippen LogP contribution in [0.1, 0.15) is 21.1 Å². The second-order valence-corrected chi connectivity index (χ2v) is 8.28. The van der Waals surface area contributed by atoms with Gasteiger partial charge in [-0.1, -0.05) is 11.3 Å². The van der Waals surface area contributed by atoms with E-state index in [4.69, 9.17) is 4.74 Å². The summed E-state index contributed by atoms with van der Waals surface area (Å²) >= 11 is 1.52. The van der Waals surface area contributed by atoms with Gasteiger partial charge in [-0.3, -0.25) is 14.8 Å². The minimum atomic E-state index is -0.0373. The monoisotopic (exact) mass is 418 g/mol. The van der Waals surface area contributed by atoms with Gasteiger partial charge in [-0.05, 0) is 25.1 Å². The van der Waals surface area contributed by atoms with Gasteiger partial charge in [0.25, 0.3) is 0 Å². The molecule has 1 N–H and O–H groups in total. The van der Waals surface area contributed by atoms with E-state index in [-0.39, 0.29) is 18.3 Å². The number of ether oxygens (including phenoxy) is 1. The minimum absolute atomic E-state index is 0.0373. The van der Waals surface area contributed by atoms with E-state index in [0.29, 0.717) is 17.1 Å². The SMILES string of the molecule is Cc1nnc(-c2cnc3cnc(CC(=O)c4ccnc(OC5CNC5)c4)cc3c2)s1. The summed E-state index contributed by atoms with van der Waals surface area (Å²) in [4.78, 5) is 25.9. The molecule has 30 heavy (non-hydrogen) atoms. The van der Waals surface area contributed by atoms with Crippen LogP contribution >= 0.6 is 11.3 Å². The van der Waals surface area contributed by atoms with E-state index in [1.54, 1.807) is 30.7 Å². The third-order valence-electron chi connectivity index (χ3n) is 4.83. The van der Waals surface area contributed by atoms with Crippen molar-refractivity contribution in [2.75, 3.05) is 13.1 Å². The van der Waals surface area contributed by atoms with Crippen LogP contribution in [0.4, 0.5) is 0 Å². The zero-order valence-electron chi connectivity index (χ0n) is 16.2. The Hall–Kier alpha value is -3.30. The van der Waals surface area contributed by atoms with Crippen molar-refractivity contribution < 1.29 is 9.53 Å². The van der Waals surface area contributed by atoms with E-state index >= 15 is 0 Å². The average molecular weight is 418 g/mol. The predicted octanol–water partition coefficient (Wildman–Crippen LogP) is 2.63. The lowest BCUT2D eigenvalue weighted by Crippen LogP contribution is -2.50. The lowest BCUT2D eigenvalue weighted by atomic mass is 10.1. The first-order chi connectivity index (χ1) is 14.6. The van der Waals surface area contributed by atoms with E-state index in [9.17, 15) is 4.79 Å². The van der Waals surface area contributed by atoms with Gasteiger partial charge in [0.15, 0.2) is 5.78 Å². The number of ketones is 1. The van der Waals surface area contributed by atoms with Crippen LogP contribution in [-0.2, 0) is 6.42 Å². The summed E-state index contributed by atoms with van der Waals surface area (Å²) in [5.74, 6) is 0.435. The number of pyridine rings is 3. The molecule has 8 nitrogen and oxygen atoms in total. The number of hydrogen-bond donors (Lipinski definition) is 1. The molecule has 0 amide bonds. The van der Waals surface area contributed by atoms with Gasteiger partial charge < -0.3 is 10.1 Å². The van der Waals surface area contributed by atoms with E-state index in [0.717, 1.165) is 39.6 Å². The Balaban J connectivity index is 1.36. The third kappa shape index (κ3) is 3.89. The zero-order chi connectivity index (χ0) is 20.5. The summed E-state index contributed by atoms with van der Waals surface area (Å²) in [5.41, 5.74) is 2.91. The highest BCUT2D eigenvalue weighted by Gasteiger charge is 2.19. The number of carbonyl (C=O) groups excluding carboxylic acids is 1. The maximum atomic E-state index is 12.8. The maximum Gasteiger partial charge on any atom is 0.214 e. The summed E-state index contributed by atoms with van der Waals surface area (Å²) in [5, 5.41) is 14.0. The molecule has 9 heteroatoms. The Morgan fingerprint density at radius 1 is 1.17 bits per heavy atom. The van der Waals surface area contributed by atoms with Gasteiger partial charge in [-0.25, -0.2) is 4.98 Å². The van der Waals surface area contributed by atoms with Crippen LogP contribution < -0.4 is 10.1 Å². The van der Waals surface area contributed by atoms with Crippen molar-refractivity contribution in [3.05, 3.63) is 59.1 Å². The molecular formula is C21H18N6O2S. The molecule has 150 valence electrons. The quantitative estimate of drug-likeness (QED) is 0.477. The highest BCUT2D eigenvalue weighted by molar-refractivity contribution is 7.14. The molecule has 0 unspecified atom stereocenters. The largest absolute Gasteiger partial charge is 0.472 e. The molecular weight excluding hydrogens is 400 g/mol. The van der Waals surface area contributed by atoms with Crippen LogP contribution in [-0.4, -0.2) is 50.1 Å². The smallest absolute Gasteiger partial charge is 0.214 e. The third-order valence-corrected chi connectivity index (χ3v) is 5.71. The Morgan fingerprint density at radius 2 is 2.07 bits per heavy atom. The van der Waals surface area contributed by atoms with Gasteiger partial charge >= 0.3 is 0 Å². The van der Waals surface area contributed by atoms with Crippen molar-refractivity contribution in [1.29, 1.82) is 0 Å². The van der Waals surface area contributed by atoms with Gasteiger partial charge in [0.1, 0.15) is 16.1 Å². The van der Waals surface area contributed by atoms with Crippen LogP contribution in [0, 0.1) is 6.92 Å². The Morgan fingerprint density at radius 3 is 2.83 bits per heavy atom. The Kier molecular flexibility index (Phi) is 4.89. The minimum Gasteiger partial charge on any atom is -0.472 e. The van der Waals surface area contributed by atoms with E-state index in [2.05, 4.69) is 30.5 Å². The van der Waals surface area contributed by atoms with Crippen LogP contribution in [0.2, 0.25) is 0 Å². The van der Waals surface area contributed by atoms with Gasteiger partial charge in [0.05, 0.1) is 18.1 Å². The second kappa shape index (κ2) is 7.85. The fourth-order valence-corrected chi connectivity index (χ4v) is 3.81. The molecule has 0 atom stereocenters. The van der Waals surface area contributed by atoms with Gasteiger partial charge in [0.2, 0.25) is 5.88 Å². The number of nitrogens with one attached hydrogen (secondary N) is 1. The van der Waals surface area contributed by atoms with Crippen molar-refractivity contribution >= 4 is 28.0 Å². The van der Waals surface area contributed by atoms with Gasteiger partial charge in [-0.2, -0.15) is 0 Å². The highest BCUT2D eigenvalue weighted by Crippen LogP contribution is 2.25. The highest BCUT2D eigenvalue weighted by atomic mass is 32.1. The number of aryl methyl sites for hydroxylation is 1. The number of rotatable bonds is 6. The molecule has 1 fully saturated rings. The predicted molar refractivity (Wildman–Crippen MR) is 113 cm³/mol. The Labute approximate surface area is 176 Å². The van der Waals surface area contributed by atoms with E-state index < -0.39 is 0 Å². The second-order valence-electron chi connectivity index (χ2n) is 7.10. The first-order valence-electron chi connectivity index (χ1n) is 9.56. The number of fused-ring (bicyclic) bond motifs is 1. The van der Waals surface area contributed by atoms with Crippen molar-refractivity contribution in [2.24, 2.45) is 0 Å². The maximum absolute atomic E-state index is 12.8. The molecule has 5 heterocycles. The van der Waals surface area contributed by atoms with Gasteiger partial charge in [-0.15, -0.1) is 10.2 Å². The summed E-state index contributed by atoms with van der Waals surface area (Å²) < 4.78 is 5.75. The molecule has 4 aromatic heterocycles. The molecule has 1 aliphatic heterocycles. The number of Topliss-reactive ketones (excluding diaryl/α,β-unsaturated/α-hetero) is 1. The molecule has 5 rings (SSSR count). The van der Waals surface area contributed by atoms with Crippen molar-refractivity contribution in [3.63, 3.8) is 0 Å². The van der Waals surface area contributed by atoms with Crippen LogP contribution in [0.25, 0.3) is 21.5 Å². The van der Waals surface area contributed by atoms with E-state index in [1.807, 2.05) is 19.1 Å². The van der Waals surface area contributed by atoms with E-state index in [1.165, 1.54) is 11.3 Å². The summed E-state index contributed by atoms with van der Waals surface area (Å²) in [6.45, 7) is 3.52. The normalized spacial score (nSPS) is 13.9. The van der Waals surface area contributed by atoms with Crippen LogP contribution in [0.3, 0.4) is 0 Å². The number of aromatic nitrogens is 5. The summed E-state index contributed by atoms with van der Waals surface area (Å²) in [6, 6.07) is 7.30. The number of carbonyl (C=O) groups is 1. The molecule has 1 aliphatic rings. The van der Waals surface area contributed by atoms with Crippen molar-refractivity contribution in [1.82, 2.24) is 30.5 Å². The topological polar surface area (TPSA) is 103 Å². The van der Waals surface area contributed by atoms with Crippen molar-refractivity contribution in [2.45, 2.75) is 19.4 Å². The lowest BCUT2D eigenvalue weighted by Gasteiger charge is -2.27. The molecule has 0 aromatic carbocycles. The first kappa shape index (κ1) is 18.7. The Bertz CT molecular complexity index is 1240. The fourth-order valence-electron chi connectivity index (χ4n) is 3.13. The molecule has 0 radical (unpaired) electrons. The van der Waals surface area contributed by atoms with Crippen LogP contribution in [0.5, 0.6) is 5.88 Å². The van der Waals surface area contributed by atoms with Crippen LogP contribution in [0.15, 0.2) is 42.9 Å². The molecule has 0 bridgehead atoms. The molecule has 0 spiro atoms. The standard InChI is InChI=1S/C21H18N6O2S/c1-12-26-27-21(30-12)15-4-14-5-16(24-11-18(14)25-8-15)7-19(28)13-2-3-23-20(6-13)29-17-9-22-10-17/h2-6,8,11,17,22H,7,9-10H2,1H3. The summed E-state index contributed by atoms with van der Waals surface area (Å²) in [6.07, 6.45) is 5.36. The molecule has 0 aliphatic carbocycles. The molecule has 0 saturated carbocycles. The van der Waals surface area contributed by atoms with Gasteiger partial charge in [0, 0.05) is 53.8 Å². The first-order valence-corrected chi connectivity index (χ1v) is 10.4. The zero-order valence-corrected chi connectivity index (χ0v) is 17.0. The average Bonchev–Trinajstić information content (AvgIpc) is 3.17.